The standard InChI is InChI=1S/C23H19Si.C11H19N2.Fe/c1-4-12-20(13-5-1)24(23-18-10-11-19-23,21-14-6-2-7-15-21)22-16-8-3-9-17-22;1-12(2)8-10-6-5-7-11(10)9-13(3)4;/h1-19H;5-7H,8-9H2,1-4H3;/q-5;-1;. The van der Waals surface area contributed by atoms with Gasteiger partial charge in [-0.3, -0.25) is 0 Å². The maximum atomic E-state index is 2.29. The van der Waals surface area contributed by atoms with Crippen LogP contribution in [-0.4, -0.2) is 46.1 Å². The molecular formula is C34H38FeN2Si-6. The van der Waals surface area contributed by atoms with Crippen molar-refractivity contribution in [2.24, 2.45) is 0 Å². The molecule has 0 aliphatic heterocycles. The van der Waals surface area contributed by atoms with Crippen molar-refractivity contribution in [3.05, 3.63) is 145 Å². The summed E-state index contributed by atoms with van der Waals surface area (Å²) in [7, 11) is 6.17. The summed E-state index contributed by atoms with van der Waals surface area (Å²) in [5.74, 6) is 0. The van der Waals surface area contributed by atoms with Crippen molar-refractivity contribution in [3.63, 3.8) is 0 Å². The molecule has 2 nitrogen and oxygen atoms in total. The first kappa shape index (κ1) is 29.6. The second-order valence-electron chi connectivity index (χ2n) is 10.1. The molecule has 0 saturated heterocycles. The molecule has 0 amide bonds. The fourth-order valence-corrected chi connectivity index (χ4v) is 9.94. The summed E-state index contributed by atoms with van der Waals surface area (Å²) in [5.41, 5.74) is 2.89. The Kier molecular flexibility index (Phi) is 11.1. The molecule has 5 aromatic rings. The van der Waals surface area contributed by atoms with Gasteiger partial charge in [0.15, 0.2) is 0 Å². The number of benzene rings is 3. The van der Waals surface area contributed by atoms with E-state index in [1.54, 1.807) is 0 Å². The normalized spacial score (nSPS) is 11.1. The van der Waals surface area contributed by atoms with Gasteiger partial charge in [-0.15, -0.1) is 5.56 Å². The quantitative estimate of drug-likeness (QED) is 0.159. The second-order valence-corrected chi connectivity index (χ2v) is 13.9. The van der Waals surface area contributed by atoms with Gasteiger partial charge in [0.1, 0.15) is 0 Å². The van der Waals surface area contributed by atoms with E-state index >= 15 is 0 Å². The fourth-order valence-electron chi connectivity index (χ4n) is 5.17. The van der Waals surface area contributed by atoms with E-state index in [-0.39, 0.29) is 17.1 Å². The molecule has 0 atom stereocenters. The molecule has 0 radical (unpaired) electrons. The Morgan fingerprint density at radius 2 is 1.05 bits per heavy atom. The number of nitrogens with zero attached hydrogens (tertiary/aromatic N) is 2. The zero-order valence-electron chi connectivity index (χ0n) is 22.9. The summed E-state index contributed by atoms with van der Waals surface area (Å²) in [6, 6.07) is 48.4. The molecule has 0 fully saturated rings. The minimum Gasteiger partial charge on any atom is -0.748 e. The Hall–Kier alpha value is -2.98. The third-order valence-electron chi connectivity index (χ3n) is 6.70. The molecule has 0 spiro atoms. The van der Waals surface area contributed by atoms with E-state index in [0.717, 1.165) is 13.1 Å². The summed E-state index contributed by atoms with van der Waals surface area (Å²) in [6.07, 6.45) is 0. The molecule has 5 rings (SSSR count). The first-order valence-corrected chi connectivity index (χ1v) is 14.9. The molecule has 0 heterocycles. The smallest absolute Gasteiger partial charge is 0 e. The summed E-state index contributed by atoms with van der Waals surface area (Å²) in [6.45, 7) is 2.08. The minimum absolute atomic E-state index is 0. The van der Waals surface area contributed by atoms with Gasteiger partial charge in [0, 0.05) is 17.1 Å². The van der Waals surface area contributed by atoms with Crippen molar-refractivity contribution < 1.29 is 17.1 Å². The van der Waals surface area contributed by atoms with Gasteiger partial charge in [-0.25, -0.2) is 12.1 Å². The maximum Gasteiger partial charge on any atom is 0 e. The van der Waals surface area contributed by atoms with Crippen molar-refractivity contribution in [1.82, 2.24) is 9.80 Å². The van der Waals surface area contributed by atoms with Crippen LogP contribution < -0.4 is 20.7 Å². The van der Waals surface area contributed by atoms with Crippen LogP contribution in [0.25, 0.3) is 0 Å². The number of hydrogen-bond donors (Lipinski definition) is 0. The first-order valence-electron chi connectivity index (χ1n) is 12.9. The van der Waals surface area contributed by atoms with Crippen molar-refractivity contribution in [1.29, 1.82) is 0 Å². The van der Waals surface area contributed by atoms with Gasteiger partial charge in [-0.2, -0.15) is 11.6 Å². The van der Waals surface area contributed by atoms with E-state index in [4.69, 9.17) is 0 Å². The van der Waals surface area contributed by atoms with E-state index in [2.05, 4.69) is 171 Å². The van der Waals surface area contributed by atoms with Gasteiger partial charge < -0.3 is 39.3 Å². The van der Waals surface area contributed by atoms with E-state index < -0.39 is 8.07 Å². The molecule has 0 saturated carbocycles. The average Bonchev–Trinajstić information content (AvgIpc) is 3.60. The number of rotatable bonds is 8. The summed E-state index contributed by atoms with van der Waals surface area (Å²) in [5, 5.41) is 5.71. The van der Waals surface area contributed by atoms with Gasteiger partial charge in [-0.1, -0.05) is 107 Å². The fraction of sp³-hybridized carbons (Fsp3) is 0.176. The summed E-state index contributed by atoms with van der Waals surface area (Å²) < 4.78 is 0. The summed E-state index contributed by atoms with van der Waals surface area (Å²) in [4.78, 5) is 4.41. The molecule has 0 aliphatic rings. The van der Waals surface area contributed by atoms with Crippen LogP contribution >= 0.6 is 0 Å². The zero-order chi connectivity index (χ0) is 26.1. The van der Waals surface area contributed by atoms with Crippen LogP contribution in [0.5, 0.6) is 0 Å². The molecule has 4 heteroatoms. The van der Waals surface area contributed by atoms with Gasteiger partial charge in [-0.05, 0) is 49.4 Å². The predicted octanol–water partition coefficient (Wildman–Crippen LogP) is 4.31. The minimum atomic E-state index is -2.25. The van der Waals surface area contributed by atoms with Gasteiger partial charge in [0.05, 0.1) is 0 Å². The zero-order valence-corrected chi connectivity index (χ0v) is 25.0. The molecule has 202 valence electrons. The van der Waals surface area contributed by atoms with Crippen molar-refractivity contribution >= 4 is 28.8 Å². The van der Waals surface area contributed by atoms with Crippen LogP contribution in [-0.2, 0) is 30.2 Å². The van der Waals surface area contributed by atoms with Crippen LogP contribution in [0.3, 0.4) is 0 Å². The van der Waals surface area contributed by atoms with Crippen molar-refractivity contribution in [2.45, 2.75) is 13.1 Å². The Labute approximate surface area is 240 Å². The molecule has 0 unspecified atom stereocenters. The Balaban J connectivity index is 0.000000245. The van der Waals surface area contributed by atoms with Gasteiger partial charge in [0.25, 0.3) is 0 Å². The molecule has 0 N–H and O–H groups in total. The second kappa shape index (κ2) is 14.2. The van der Waals surface area contributed by atoms with E-state index in [0.29, 0.717) is 0 Å². The molecule has 0 bridgehead atoms. The Bertz CT molecular complexity index is 1190. The van der Waals surface area contributed by atoms with Gasteiger partial charge in [0.2, 0.25) is 0 Å². The van der Waals surface area contributed by atoms with Gasteiger partial charge >= 0.3 is 0 Å². The predicted molar refractivity (Wildman–Crippen MR) is 162 cm³/mol. The third-order valence-corrected chi connectivity index (χ3v) is 11.5. The topological polar surface area (TPSA) is 6.48 Å². The van der Waals surface area contributed by atoms with Crippen molar-refractivity contribution in [2.75, 3.05) is 28.2 Å². The van der Waals surface area contributed by atoms with Crippen LogP contribution in [0, 0.1) is 0 Å². The van der Waals surface area contributed by atoms with E-state index in [1.807, 2.05) is 0 Å². The largest absolute Gasteiger partial charge is 0.748 e. The van der Waals surface area contributed by atoms with E-state index in [1.165, 1.54) is 31.9 Å². The molecule has 38 heavy (non-hydrogen) atoms. The third kappa shape index (κ3) is 6.90. The molecule has 0 aliphatic carbocycles. The monoisotopic (exact) mass is 558 g/mol. The first-order chi connectivity index (χ1) is 18.0. The average molecular weight is 559 g/mol. The SMILES string of the molecule is CN(C)Cc1ccc[c-]1CN(C)C.[Fe].c1ccc([Si](c2ccccc2)(c2ccccc2)[c-]2[cH-][cH-][cH-][cH-]2)cc1. The van der Waals surface area contributed by atoms with E-state index in [9.17, 15) is 0 Å². The Morgan fingerprint density at radius 1 is 0.605 bits per heavy atom. The van der Waals surface area contributed by atoms with Crippen LogP contribution in [0.15, 0.2) is 133 Å². The molecule has 0 aromatic heterocycles. The maximum absolute atomic E-state index is 2.29. The van der Waals surface area contributed by atoms with Crippen LogP contribution in [0.1, 0.15) is 11.1 Å². The summed E-state index contributed by atoms with van der Waals surface area (Å²) >= 11 is 0. The Morgan fingerprint density at radius 3 is 1.45 bits per heavy atom. The van der Waals surface area contributed by atoms with Crippen LogP contribution in [0.2, 0.25) is 0 Å². The number of hydrogen-bond acceptors (Lipinski definition) is 2. The molecular weight excluding hydrogens is 520 g/mol. The van der Waals surface area contributed by atoms with Crippen molar-refractivity contribution in [3.8, 4) is 0 Å². The molecule has 5 aromatic carbocycles. The van der Waals surface area contributed by atoms with Crippen LogP contribution in [0.4, 0.5) is 0 Å².